The third-order valence-electron chi connectivity index (χ3n) is 2.60. The molecule has 0 bridgehead atoms. The van der Waals surface area contributed by atoms with Crippen LogP contribution in [0.15, 0.2) is 11.1 Å². The molecule has 19 heavy (non-hydrogen) atoms. The molecule has 1 rings (SSSR count). The van der Waals surface area contributed by atoms with Crippen molar-refractivity contribution in [2.75, 3.05) is 20.2 Å². The standard InChI is InChI=1S/C14H19NO4/c1-6-10-7-8-15(9-11(10)12(16)18-5)13(17)19-14(2,3)4/h1H,7-9H2,2-5H3. The first-order chi connectivity index (χ1) is 8.78. The van der Waals surface area contributed by atoms with Crippen LogP contribution in [0.4, 0.5) is 4.79 Å². The SMILES string of the molecule is C#CC1=C(C(=O)OC)CN(C(=O)OC(C)(C)C)CC1. The van der Waals surface area contributed by atoms with Gasteiger partial charge in [0.15, 0.2) is 0 Å². The Morgan fingerprint density at radius 3 is 2.47 bits per heavy atom. The van der Waals surface area contributed by atoms with Gasteiger partial charge in [-0.3, -0.25) is 0 Å². The van der Waals surface area contributed by atoms with Crippen LogP contribution >= 0.6 is 0 Å². The number of terminal acetylenes is 1. The van der Waals surface area contributed by atoms with Crippen LogP contribution in [0.2, 0.25) is 0 Å². The number of methoxy groups -OCH3 is 1. The van der Waals surface area contributed by atoms with Gasteiger partial charge in [0.2, 0.25) is 0 Å². The van der Waals surface area contributed by atoms with Gasteiger partial charge in [0.1, 0.15) is 5.60 Å². The molecule has 104 valence electrons. The summed E-state index contributed by atoms with van der Waals surface area (Å²) in [6.07, 6.45) is 5.36. The van der Waals surface area contributed by atoms with E-state index in [0.29, 0.717) is 24.1 Å². The maximum absolute atomic E-state index is 11.9. The maximum atomic E-state index is 11.9. The van der Waals surface area contributed by atoms with Crippen LogP contribution in [-0.2, 0) is 14.3 Å². The van der Waals surface area contributed by atoms with E-state index in [0.717, 1.165) is 0 Å². The molecule has 1 heterocycles. The lowest BCUT2D eigenvalue weighted by atomic mass is 10.0. The monoisotopic (exact) mass is 265 g/mol. The summed E-state index contributed by atoms with van der Waals surface area (Å²) in [6, 6.07) is 0. The van der Waals surface area contributed by atoms with Crippen molar-refractivity contribution in [1.82, 2.24) is 4.90 Å². The molecule has 1 amide bonds. The zero-order chi connectivity index (χ0) is 14.6. The predicted molar refractivity (Wildman–Crippen MR) is 70.3 cm³/mol. The molecule has 1 aliphatic heterocycles. The van der Waals surface area contributed by atoms with Crippen LogP contribution in [-0.4, -0.2) is 42.8 Å². The normalized spacial score (nSPS) is 15.8. The minimum Gasteiger partial charge on any atom is -0.466 e. The lowest BCUT2D eigenvalue weighted by molar-refractivity contribution is -0.136. The number of hydrogen-bond donors (Lipinski definition) is 0. The maximum Gasteiger partial charge on any atom is 0.410 e. The van der Waals surface area contributed by atoms with Gasteiger partial charge in [-0.1, -0.05) is 5.92 Å². The van der Waals surface area contributed by atoms with Crippen molar-refractivity contribution in [3.63, 3.8) is 0 Å². The molecule has 0 saturated heterocycles. The molecule has 0 N–H and O–H groups in total. The van der Waals surface area contributed by atoms with E-state index in [1.807, 2.05) is 0 Å². The highest BCUT2D eigenvalue weighted by molar-refractivity contribution is 5.91. The molecular weight excluding hydrogens is 246 g/mol. The van der Waals surface area contributed by atoms with E-state index in [4.69, 9.17) is 11.2 Å². The Hall–Kier alpha value is -1.96. The quantitative estimate of drug-likeness (QED) is 0.535. The van der Waals surface area contributed by atoms with Gasteiger partial charge < -0.3 is 14.4 Å². The van der Waals surface area contributed by atoms with E-state index >= 15 is 0 Å². The Morgan fingerprint density at radius 1 is 1.37 bits per heavy atom. The summed E-state index contributed by atoms with van der Waals surface area (Å²) in [4.78, 5) is 25.0. The van der Waals surface area contributed by atoms with Crippen molar-refractivity contribution < 1.29 is 19.1 Å². The fourth-order valence-corrected chi connectivity index (χ4v) is 1.72. The molecule has 0 saturated carbocycles. The van der Waals surface area contributed by atoms with Gasteiger partial charge in [0.25, 0.3) is 0 Å². The second kappa shape index (κ2) is 5.79. The van der Waals surface area contributed by atoms with Crippen LogP contribution < -0.4 is 0 Å². The Bertz CT molecular complexity index is 451. The van der Waals surface area contributed by atoms with Gasteiger partial charge in [-0.05, 0) is 27.2 Å². The lowest BCUT2D eigenvalue weighted by Gasteiger charge is -2.30. The molecule has 0 aromatic heterocycles. The second-order valence-electron chi connectivity index (χ2n) is 5.24. The summed E-state index contributed by atoms with van der Waals surface area (Å²) < 4.78 is 9.95. The molecule has 0 aromatic rings. The number of carbonyl (C=O) groups is 2. The summed E-state index contributed by atoms with van der Waals surface area (Å²) in [5.41, 5.74) is 0.368. The van der Waals surface area contributed by atoms with Crippen molar-refractivity contribution in [3.05, 3.63) is 11.1 Å². The first-order valence-corrected chi connectivity index (χ1v) is 6.03. The van der Waals surface area contributed by atoms with E-state index in [2.05, 4.69) is 10.7 Å². The van der Waals surface area contributed by atoms with Crippen LogP contribution in [0.25, 0.3) is 0 Å². The summed E-state index contributed by atoms with van der Waals surface area (Å²) in [7, 11) is 1.29. The van der Waals surface area contributed by atoms with Crippen molar-refractivity contribution in [1.29, 1.82) is 0 Å². The minimum absolute atomic E-state index is 0.126. The third kappa shape index (κ3) is 4.02. The largest absolute Gasteiger partial charge is 0.466 e. The Balaban J connectivity index is 2.85. The number of nitrogens with zero attached hydrogens (tertiary/aromatic N) is 1. The van der Waals surface area contributed by atoms with Gasteiger partial charge in [0, 0.05) is 12.1 Å². The third-order valence-corrected chi connectivity index (χ3v) is 2.60. The molecule has 0 fully saturated rings. The average Bonchev–Trinajstić information content (AvgIpc) is 2.35. The van der Waals surface area contributed by atoms with E-state index in [-0.39, 0.29) is 6.54 Å². The summed E-state index contributed by atoms with van der Waals surface area (Å²) in [5.74, 6) is 1.98. The zero-order valence-corrected chi connectivity index (χ0v) is 11.8. The minimum atomic E-state index is -0.571. The Labute approximate surface area is 113 Å². The van der Waals surface area contributed by atoms with Crippen molar-refractivity contribution in [2.24, 2.45) is 0 Å². The van der Waals surface area contributed by atoms with Gasteiger partial charge in [-0.25, -0.2) is 9.59 Å². The molecule has 1 aliphatic rings. The first kappa shape index (κ1) is 15.1. The number of carbonyl (C=O) groups excluding carboxylic acids is 2. The zero-order valence-electron chi connectivity index (χ0n) is 11.8. The molecular formula is C14H19NO4. The van der Waals surface area contributed by atoms with Crippen LogP contribution in [0.3, 0.4) is 0 Å². The van der Waals surface area contributed by atoms with Crippen molar-refractivity contribution in [3.8, 4) is 12.3 Å². The molecule has 0 unspecified atom stereocenters. The second-order valence-corrected chi connectivity index (χ2v) is 5.24. The van der Waals surface area contributed by atoms with Gasteiger partial charge in [0.05, 0.1) is 19.2 Å². The topological polar surface area (TPSA) is 55.8 Å². The molecule has 5 nitrogen and oxygen atoms in total. The highest BCUT2D eigenvalue weighted by Gasteiger charge is 2.29. The predicted octanol–water partition coefficient (Wildman–Crippen LogP) is 1.73. The van der Waals surface area contributed by atoms with Gasteiger partial charge in [-0.15, -0.1) is 6.42 Å². The summed E-state index contributed by atoms with van der Waals surface area (Å²) in [5, 5.41) is 0. The fraction of sp³-hybridized carbons (Fsp3) is 0.571. The molecule has 0 aromatic carbocycles. The smallest absolute Gasteiger partial charge is 0.410 e. The number of hydrogen-bond acceptors (Lipinski definition) is 4. The first-order valence-electron chi connectivity index (χ1n) is 6.03. The number of rotatable bonds is 1. The Morgan fingerprint density at radius 2 is 2.00 bits per heavy atom. The van der Waals surface area contributed by atoms with Gasteiger partial charge in [-0.2, -0.15) is 0 Å². The molecule has 0 aliphatic carbocycles. The van der Waals surface area contributed by atoms with Crippen molar-refractivity contribution in [2.45, 2.75) is 32.8 Å². The van der Waals surface area contributed by atoms with E-state index in [1.165, 1.54) is 12.0 Å². The van der Waals surface area contributed by atoms with Crippen LogP contribution in [0, 0.1) is 12.3 Å². The molecule has 0 atom stereocenters. The highest BCUT2D eigenvalue weighted by atomic mass is 16.6. The van der Waals surface area contributed by atoms with E-state index in [1.54, 1.807) is 20.8 Å². The summed E-state index contributed by atoms with van der Waals surface area (Å²) in [6.45, 7) is 5.94. The lowest BCUT2D eigenvalue weighted by Crippen LogP contribution is -2.42. The number of esters is 1. The summed E-state index contributed by atoms with van der Waals surface area (Å²) >= 11 is 0. The van der Waals surface area contributed by atoms with E-state index < -0.39 is 17.7 Å². The Kier molecular flexibility index (Phi) is 4.60. The number of ether oxygens (including phenoxy) is 2. The molecule has 5 heteroatoms. The van der Waals surface area contributed by atoms with Crippen LogP contribution in [0.5, 0.6) is 0 Å². The average molecular weight is 265 g/mol. The van der Waals surface area contributed by atoms with E-state index in [9.17, 15) is 9.59 Å². The number of amides is 1. The molecule has 0 radical (unpaired) electrons. The van der Waals surface area contributed by atoms with Gasteiger partial charge >= 0.3 is 12.1 Å². The fourth-order valence-electron chi connectivity index (χ4n) is 1.72. The molecule has 0 spiro atoms. The highest BCUT2D eigenvalue weighted by Crippen LogP contribution is 2.20. The van der Waals surface area contributed by atoms with Crippen LogP contribution in [0.1, 0.15) is 27.2 Å². The van der Waals surface area contributed by atoms with Crippen molar-refractivity contribution >= 4 is 12.1 Å².